The van der Waals surface area contributed by atoms with Gasteiger partial charge in [0.05, 0.1) is 0 Å². The number of fused-ring (bicyclic) bond motifs is 1. The number of benzene rings is 3. The van der Waals surface area contributed by atoms with Crippen molar-refractivity contribution in [3.05, 3.63) is 102 Å². The predicted octanol–water partition coefficient (Wildman–Crippen LogP) is 4.91. The molecule has 0 saturated carbocycles. The normalized spacial score (nSPS) is 20.7. The zero-order chi connectivity index (χ0) is 21.0. The van der Waals surface area contributed by atoms with Crippen LogP contribution in [0.1, 0.15) is 17.0 Å². The molecule has 3 aromatic rings. The topological polar surface area (TPSA) is 35.6 Å². The quantitative estimate of drug-likeness (QED) is 0.647. The maximum Gasteiger partial charge on any atom is 0.321 e. The predicted molar refractivity (Wildman–Crippen MR) is 125 cm³/mol. The molecule has 158 valence electrons. The van der Waals surface area contributed by atoms with Gasteiger partial charge in [-0.2, -0.15) is 0 Å². The van der Waals surface area contributed by atoms with Crippen LogP contribution in [0.5, 0.6) is 0 Å². The van der Waals surface area contributed by atoms with E-state index >= 15 is 0 Å². The number of rotatable bonds is 5. The lowest BCUT2D eigenvalue weighted by molar-refractivity contribution is 0.212. The van der Waals surface area contributed by atoms with Gasteiger partial charge in [-0.25, -0.2) is 4.79 Å². The zero-order valence-electron chi connectivity index (χ0n) is 17.7. The Morgan fingerprint density at radius 2 is 1.23 bits per heavy atom. The molecule has 5 rings (SSSR count). The third-order valence-electron chi connectivity index (χ3n) is 6.72. The summed E-state index contributed by atoms with van der Waals surface area (Å²) in [5.74, 6) is 1.50. The Bertz CT molecular complexity index is 939. The molecule has 2 aliphatic heterocycles. The SMILES string of the molecule is O=C(Nc1ccccc1)N1CC2CN(CC(c3ccccc3)c3ccccc3)CC2C1. The fourth-order valence-electron chi connectivity index (χ4n) is 5.16. The van der Waals surface area contributed by atoms with Gasteiger partial charge in [-0.3, -0.25) is 0 Å². The van der Waals surface area contributed by atoms with E-state index in [1.807, 2.05) is 35.2 Å². The van der Waals surface area contributed by atoms with Crippen molar-refractivity contribution in [2.75, 3.05) is 38.0 Å². The Hall–Kier alpha value is -3.11. The van der Waals surface area contributed by atoms with Gasteiger partial charge in [0.15, 0.2) is 0 Å². The van der Waals surface area contributed by atoms with E-state index in [0.717, 1.165) is 38.4 Å². The van der Waals surface area contributed by atoms with Crippen LogP contribution in [0.2, 0.25) is 0 Å². The molecule has 0 radical (unpaired) electrons. The molecule has 0 bridgehead atoms. The van der Waals surface area contributed by atoms with Gasteiger partial charge in [0, 0.05) is 44.3 Å². The molecule has 2 aliphatic rings. The van der Waals surface area contributed by atoms with Gasteiger partial charge in [-0.05, 0) is 35.1 Å². The standard InChI is InChI=1S/C27H29N3O/c31-27(28-25-14-8-3-9-15-25)30-18-23-16-29(17-24(23)19-30)20-26(21-10-4-1-5-11-21)22-12-6-2-7-13-22/h1-15,23-24,26H,16-20H2,(H,28,31). The molecular formula is C27H29N3O. The molecule has 3 aromatic carbocycles. The number of para-hydroxylation sites is 1. The largest absolute Gasteiger partial charge is 0.324 e. The van der Waals surface area contributed by atoms with Gasteiger partial charge < -0.3 is 15.1 Å². The van der Waals surface area contributed by atoms with Crippen LogP contribution in [0.4, 0.5) is 10.5 Å². The summed E-state index contributed by atoms with van der Waals surface area (Å²) in [4.78, 5) is 17.3. The highest BCUT2D eigenvalue weighted by atomic mass is 16.2. The maximum atomic E-state index is 12.7. The van der Waals surface area contributed by atoms with E-state index in [0.29, 0.717) is 17.8 Å². The van der Waals surface area contributed by atoms with E-state index in [-0.39, 0.29) is 6.03 Å². The maximum absolute atomic E-state index is 12.7. The van der Waals surface area contributed by atoms with Crippen molar-refractivity contribution in [1.29, 1.82) is 0 Å². The number of likely N-dealkylation sites (tertiary alicyclic amines) is 2. The summed E-state index contributed by atoms with van der Waals surface area (Å²) in [6.45, 7) is 4.85. The fraction of sp³-hybridized carbons (Fsp3) is 0.296. The number of amides is 2. The molecule has 2 saturated heterocycles. The number of urea groups is 1. The third-order valence-corrected chi connectivity index (χ3v) is 6.72. The Balaban J connectivity index is 1.22. The van der Waals surface area contributed by atoms with Gasteiger partial charge in [0.2, 0.25) is 0 Å². The molecule has 0 aromatic heterocycles. The fourth-order valence-corrected chi connectivity index (χ4v) is 5.16. The van der Waals surface area contributed by atoms with E-state index in [9.17, 15) is 4.79 Å². The van der Waals surface area contributed by atoms with Crippen LogP contribution >= 0.6 is 0 Å². The van der Waals surface area contributed by atoms with Crippen molar-refractivity contribution < 1.29 is 4.79 Å². The molecule has 2 fully saturated rings. The number of hydrogen-bond donors (Lipinski definition) is 1. The molecule has 4 nitrogen and oxygen atoms in total. The van der Waals surface area contributed by atoms with E-state index in [1.165, 1.54) is 11.1 Å². The Morgan fingerprint density at radius 1 is 0.742 bits per heavy atom. The average Bonchev–Trinajstić information content (AvgIpc) is 3.38. The van der Waals surface area contributed by atoms with E-state index < -0.39 is 0 Å². The van der Waals surface area contributed by atoms with E-state index in [4.69, 9.17) is 0 Å². The summed E-state index contributed by atoms with van der Waals surface area (Å²) >= 11 is 0. The summed E-state index contributed by atoms with van der Waals surface area (Å²) in [5, 5.41) is 3.03. The lowest BCUT2D eigenvalue weighted by atomic mass is 9.91. The summed E-state index contributed by atoms with van der Waals surface area (Å²) in [6.07, 6.45) is 0. The monoisotopic (exact) mass is 411 g/mol. The molecule has 2 atom stereocenters. The summed E-state index contributed by atoms with van der Waals surface area (Å²) < 4.78 is 0. The van der Waals surface area contributed by atoms with Crippen molar-refractivity contribution >= 4 is 11.7 Å². The van der Waals surface area contributed by atoms with Crippen molar-refractivity contribution in [2.45, 2.75) is 5.92 Å². The summed E-state index contributed by atoms with van der Waals surface area (Å²) in [5.41, 5.74) is 3.60. The lowest BCUT2D eigenvalue weighted by Crippen LogP contribution is -2.37. The van der Waals surface area contributed by atoms with Gasteiger partial charge in [-0.15, -0.1) is 0 Å². The first-order valence-corrected chi connectivity index (χ1v) is 11.2. The highest BCUT2D eigenvalue weighted by molar-refractivity contribution is 5.89. The van der Waals surface area contributed by atoms with Crippen molar-refractivity contribution in [2.24, 2.45) is 11.8 Å². The van der Waals surface area contributed by atoms with Crippen LogP contribution in [-0.2, 0) is 0 Å². The molecule has 31 heavy (non-hydrogen) atoms. The second-order valence-electron chi connectivity index (χ2n) is 8.81. The minimum absolute atomic E-state index is 0.0265. The number of nitrogens with zero attached hydrogens (tertiary/aromatic N) is 2. The van der Waals surface area contributed by atoms with Gasteiger partial charge in [0.25, 0.3) is 0 Å². The minimum atomic E-state index is 0.0265. The van der Waals surface area contributed by atoms with Crippen molar-refractivity contribution in [1.82, 2.24) is 9.80 Å². The number of anilines is 1. The van der Waals surface area contributed by atoms with Crippen LogP contribution in [0.25, 0.3) is 0 Å². The van der Waals surface area contributed by atoms with Crippen LogP contribution in [-0.4, -0.2) is 48.6 Å². The van der Waals surface area contributed by atoms with Crippen LogP contribution in [0, 0.1) is 11.8 Å². The Labute approximate surface area is 184 Å². The number of nitrogens with one attached hydrogen (secondary N) is 1. The Kier molecular flexibility index (Phi) is 5.72. The van der Waals surface area contributed by atoms with Crippen LogP contribution in [0.15, 0.2) is 91.0 Å². The third kappa shape index (κ3) is 4.49. The summed E-state index contributed by atoms with van der Waals surface area (Å²) in [7, 11) is 0. The van der Waals surface area contributed by atoms with Crippen molar-refractivity contribution in [3.8, 4) is 0 Å². The van der Waals surface area contributed by atoms with E-state index in [1.54, 1.807) is 0 Å². The van der Waals surface area contributed by atoms with Gasteiger partial charge in [-0.1, -0.05) is 78.9 Å². The highest BCUT2D eigenvalue weighted by Crippen LogP contribution is 2.34. The average molecular weight is 412 g/mol. The molecule has 1 N–H and O–H groups in total. The minimum Gasteiger partial charge on any atom is -0.324 e. The number of carbonyl (C=O) groups excluding carboxylic acids is 1. The first-order chi connectivity index (χ1) is 15.3. The second-order valence-corrected chi connectivity index (χ2v) is 8.81. The smallest absolute Gasteiger partial charge is 0.321 e. The first kappa shape index (κ1) is 19.8. The molecule has 0 spiro atoms. The van der Waals surface area contributed by atoms with Crippen LogP contribution < -0.4 is 5.32 Å². The molecule has 4 heteroatoms. The number of hydrogen-bond acceptors (Lipinski definition) is 2. The van der Waals surface area contributed by atoms with Gasteiger partial charge in [0.1, 0.15) is 0 Å². The van der Waals surface area contributed by atoms with Crippen molar-refractivity contribution in [3.63, 3.8) is 0 Å². The first-order valence-electron chi connectivity index (χ1n) is 11.2. The molecule has 0 aliphatic carbocycles. The van der Waals surface area contributed by atoms with Gasteiger partial charge >= 0.3 is 6.03 Å². The molecule has 2 heterocycles. The molecule has 2 unspecified atom stereocenters. The van der Waals surface area contributed by atoms with E-state index in [2.05, 4.69) is 70.9 Å². The van der Waals surface area contributed by atoms with Crippen LogP contribution in [0.3, 0.4) is 0 Å². The molecule has 2 amide bonds. The Morgan fingerprint density at radius 3 is 1.74 bits per heavy atom. The lowest BCUT2D eigenvalue weighted by Gasteiger charge is -2.26. The highest BCUT2D eigenvalue weighted by Gasteiger charge is 2.42. The zero-order valence-corrected chi connectivity index (χ0v) is 17.7. The summed E-state index contributed by atoms with van der Waals surface area (Å²) in [6, 6.07) is 31.4. The number of carbonyl (C=O) groups is 1. The second kappa shape index (κ2) is 8.94. The molecular weight excluding hydrogens is 382 g/mol.